The molecule has 1 amide bonds. The molecule has 0 aliphatic rings. The van der Waals surface area contributed by atoms with Crippen molar-refractivity contribution >= 4 is 5.91 Å². The highest BCUT2D eigenvalue weighted by Gasteiger charge is 2.18. The van der Waals surface area contributed by atoms with Crippen molar-refractivity contribution in [3.05, 3.63) is 0 Å². The number of amides is 1. The van der Waals surface area contributed by atoms with Gasteiger partial charge in [-0.25, -0.2) is 0 Å². The molecule has 0 aromatic carbocycles. The van der Waals surface area contributed by atoms with Crippen molar-refractivity contribution in [3.63, 3.8) is 0 Å². The molecule has 0 spiro atoms. The lowest BCUT2D eigenvalue weighted by Gasteiger charge is -2.23. The van der Waals surface area contributed by atoms with E-state index in [0.717, 1.165) is 25.9 Å². The molecule has 0 aromatic heterocycles. The molecule has 4 nitrogen and oxygen atoms in total. The predicted octanol–water partition coefficient (Wildman–Crippen LogP) is 0.999. The number of likely N-dealkylation sites (N-methyl/N-ethyl adjacent to an activating group) is 1. The van der Waals surface area contributed by atoms with Crippen LogP contribution in [0.2, 0.25) is 0 Å². The third-order valence-corrected chi connectivity index (χ3v) is 2.37. The van der Waals surface area contributed by atoms with Gasteiger partial charge in [-0.1, -0.05) is 6.92 Å². The number of hydrogen-bond donors (Lipinski definition) is 1. The number of ether oxygens (including phenoxy) is 1. The largest absolute Gasteiger partial charge is 0.385 e. The topological polar surface area (TPSA) is 55.6 Å². The molecule has 0 saturated carbocycles. The minimum Gasteiger partial charge on any atom is -0.385 e. The van der Waals surface area contributed by atoms with Crippen molar-refractivity contribution in [1.82, 2.24) is 4.90 Å². The van der Waals surface area contributed by atoms with Gasteiger partial charge in [-0.15, -0.1) is 0 Å². The van der Waals surface area contributed by atoms with E-state index in [0.29, 0.717) is 13.0 Å². The summed E-state index contributed by atoms with van der Waals surface area (Å²) in [5.74, 6) is 0.0652. The lowest BCUT2D eigenvalue weighted by molar-refractivity contribution is -0.132. The van der Waals surface area contributed by atoms with Crippen LogP contribution < -0.4 is 5.73 Å². The van der Waals surface area contributed by atoms with E-state index in [9.17, 15) is 4.79 Å². The maximum atomic E-state index is 11.8. The van der Waals surface area contributed by atoms with Crippen molar-refractivity contribution in [1.29, 1.82) is 0 Å². The molecule has 15 heavy (non-hydrogen) atoms. The summed E-state index contributed by atoms with van der Waals surface area (Å²) < 4.78 is 4.93. The standard InChI is InChI=1S/C11H24N2O2/c1-4-8-13(5-2)11(14)10(12)7-6-9-15-3/h10H,4-9,12H2,1-3H3. The first-order valence-corrected chi connectivity index (χ1v) is 5.70. The molecule has 0 aliphatic heterocycles. The first-order valence-electron chi connectivity index (χ1n) is 5.70. The van der Waals surface area contributed by atoms with Gasteiger partial charge in [-0.2, -0.15) is 0 Å². The fraction of sp³-hybridized carbons (Fsp3) is 0.909. The van der Waals surface area contributed by atoms with Gasteiger partial charge in [0.05, 0.1) is 6.04 Å². The zero-order valence-corrected chi connectivity index (χ0v) is 10.2. The summed E-state index contributed by atoms with van der Waals surface area (Å²) in [4.78, 5) is 13.6. The lowest BCUT2D eigenvalue weighted by Crippen LogP contribution is -2.44. The SMILES string of the molecule is CCCN(CC)C(=O)C(N)CCCOC. The van der Waals surface area contributed by atoms with Gasteiger partial charge >= 0.3 is 0 Å². The molecule has 0 aromatic rings. The summed E-state index contributed by atoms with van der Waals surface area (Å²) in [6.45, 7) is 6.25. The molecular formula is C11H24N2O2. The highest BCUT2D eigenvalue weighted by molar-refractivity contribution is 5.81. The predicted molar refractivity (Wildman–Crippen MR) is 61.6 cm³/mol. The van der Waals surface area contributed by atoms with Crippen LogP contribution in [-0.2, 0) is 9.53 Å². The van der Waals surface area contributed by atoms with E-state index >= 15 is 0 Å². The highest BCUT2D eigenvalue weighted by atomic mass is 16.5. The fourth-order valence-corrected chi connectivity index (χ4v) is 1.50. The lowest BCUT2D eigenvalue weighted by atomic mass is 10.1. The van der Waals surface area contributed by atoms with Crippen molar-refractivity contribution in [3.8, 4) is 0 Å². The molecule has 0 saturated heterocycles. The Bertz CT molecular complexity index is 174. The molecule has 1 unspecified atom stereocenters. The van der Waals surface area contributed by atoms with Crippen LogP contribution in [0.4, 0.5) is 0 Å². The third kappa shape index (κ3) is 5.74. The van der Waals surface area contributed by atoms with Crippen molar-refractivity contribution < 1.29 is 9.53 Å². The fourth-order valence-electron chi connectivity index (χ4n) is 1.50. The van der Waals surface area contributed by atoms with Gasteiger partial charge in [-0.3, -0.25) is 4.79 Å². The molecule has 0 bridgehead atoms. The van der Waals surface area contributed by atoms with E-state index in [2.05, 4.69) is 6.92 Å². The normalized spacial score (nSPS) is 12.5. The number of hydrogen-bond acceptors (Lipinski definition) is 3. The van der Waals surface area contributed by atoms with E-state index in [4.69, 9.17) is 10.5 Å². The minimum absolute atomic E-state index is 0.0652. The van der Waals surface area contributed by atoms with Gasteiger partial charge in [0.2, 0.25) is 5.91 Å². The second-order valence-corrected chi connectivity index (χ2v) is 3.66. The molecule has 1 atom stereocenters. The van der Waals surface area contributed by atoms with Crippen LogP contribution in [0.25, 0.3) is 0 Å². The molecule has 4 heteroatoms. The number of rotatable bonds is 8. The Kier molecular flexibility index (Phi) is 8.33. The third-order valence-electron chi connectivity index (χ3n) is 2.37. The Hall–Kier alpha value is -0.610. The highest BCUT2D eigenvalue weighted by Crippen LogP contribution is 2.01. The summed E-state index contributed by atoms with van der Waals surface area (Å²) in [7, 11) is 1.66. The maximum Gasteiger partial charge on any atom is 0.239 e. The molecule has 0 heterocycles. The van der Waals surface area contributed by atoms with E-state index in [1.165, 1.54) is 0 Å². The van der Waals surface area contributed by atoms with Crippen LogP contribution in [0.15, 0.2) is 0 Å². The monoisotopic (exact) mass is 216 g/mol. The number of carbonyl (C=O) groups excluding carboxylic acids is 1. The molecule has 0 rings (SSSR count). The van der Waals surface area contributed by atoms with Crippen LogP contribution in [0.1, 0.15) is 33.1 Å². The van der Waals surface area contributed by atoms with Gasteiger partial charge in [0, 0.05) is 26.8 Å². The molecule has 0 radical (unpaired) electrons. The Labute approximate surface area is 92.8 Å². The van der Waals surface area contributed by atoms with Crippen molar-refractivity contribution in [2.45, 2.75) is 39.2 Å². The maximum absolute atomic E-state index is 11.8. The number of carbonyl (C=O) groups is 1. The van der Waals surface area contributed by atoms with E-state index < -0.39 is 0 Å². The van der Waals surface area contributed by atoms with E-state index in [1.807, 2.05) is 11.8 Å². The Morgan fingerprint density at radius 2 is 2.13 bits per heavy atom. The van der Waals surface area contributed by atoms with E-state index in [1.54, 1.807) is 7.11 Å². The zero-order valence-electron chi connectivity index (χ0n) is 10.2. The zero-order chi connectivity index (χ0) is 11.7. The molecule has 90 valence electrons. The Balaban J connectivity index is 3.93. The van der Waals surface area contributed by atoms with Crippen LogP contribution in [-0.4, -0.2) is 43.7 Å². The molecule has 0 aliphatic carbocycles. The van der Waals surface area contributed by atoms with Crippen LogP contribution >= 0.6 is 0 Å². The van der Waals surface area contributed by atoms with Crippen LogP contribution in [0.5, 0.6) is 0 Å². The summed E-state index contributed by atoms with van der Waals surface area (Å²) in [6.07, 6.45) is 2.52. The van der Waals surface area contributed by atoms with Gasteiger partial charge in [-0.05, 0) is 26.2 Å². The summed E-state index contributed by atoms with van der Waals surface area (Å²) in [5.41, 5.74) is 5.82. The van der Waals surface area contributed by atoms with Crippen LogP contribution in [0, 0.1) is 0 Å². The minimum atomic E-state index is -0.369. The number of nitrogens with two attached hydrogens (primary N) is 1. The smallest absolute Gasteiger partial charge is 0.239 e. The summed E-state index contributed by atoms with van der Waals surface area (Å²) in [6, 6.07) is -0.369. The molecule has 2 N–H and O–H groups in total. The second kappa shape index (κ2) is 8.68. The van der Waals surface area contributed by atoms with Gasteiger partial charge in [0.25, 0.3) is 0 Å². The molecular weight excluding hydrogens is 192 g/mol. The number of nitrogens with zero attached hydrogens (tertiary/aromatic N) is 1. The number of methoxy groups -OCH3 is 1. The first-order chi connectivity index (χ1) is 7.17. The molecule has 0 fully saturated rings. The van der Waals surface area contributed by atoms with Gasteiger partial charge in [0.15, 0.2) is 0 Å². The Morgan fingerprint density at radius 1 is 1.47 bits per heavy atom. The van der Waals surface area contributed by atoms with Crippen molar-refractivity contribution in [2.75, 3.05) is 26.8 Å². The van der Waals surface area contributed by atoms with Gasteiger partial charge < -0.3 is 15.4 Å². The van der Waals surface area contributed by atoms with Gasteiger partial charge in [0.1, 0.15) is 0 Å². The quantitative estimate of drug-likeness (QED) is 0.616. The average molecular weight is 216 g/mol. The summed E-state index contributed by atoms with van der Waals surface area (Å²) in [5, 5.41) is 0. The first kappa shape index (κ1) is 14.4. The van der Waals surface area contributed by atoms with E-state index in [-0.39, 0.29) is 11.9 Å². The van der Waals surface area contributed by atoms with Crippen LogP contribution in [0.3, 0.4) is 0 Å². The summed E-state index contributed by atoms with van der Waals surface area (Å²) >= 11 is 0. The Morgan fingerprint density at radius 3 is 2.60 bits per heavy atom. The van der Waals surface area contributed by atoms with Crippen molar-refractivity contribution in [2.24, 2.45) is 5.73 Å². The average Bonchev–Trinajstić information content (AvgIpc) is 2.25. The second-order valence-electron chi connectivity index (χ2n) is 3.66.